The molecule has 19 heteroatoms. The highest BCUT2D eigenvalue weighted by Gasteiger charge is 2.30. The highest BCUT2D eigenvalue weighted by atomic mass is 31.2. The number of hydrogen-bond acceptors (Lipinski definition) is 15. The third-order valence-corrected chi connectivity index (χ3v) is 19.3. The van der Waals surface area contributed by atoms with Crippen LogP contribution >= 0.6 is 15.6 Å². The Kier molecular flexibility index (Phi) is 61.5. The molecule has 0 fully saturated rings. The lowest BCUT2D eigenvalue weighted by Gasteiger charge is -2.21. The number of ether oxygens (including phenoxy) is 4. The van der Waals surface area contributed by atoms with Gasteiger partial charge in [0.15, 0.2) is 12.2 Å². The summed E-state index contributed by atoms with van der Waals surface area (Å²) >= 11 is 0. The SMILES string of the molecule is CCCCCCCCCCCCCCCCC(=O)OC[C@H](COP(=O)(O)OC[C@@H](O)COP(=O)(O)OC[C@@H](COC(=O)CCCCCCCCC(C)C)OC(=O)CCCCCCCCC(C)CC)OC(=O)CCCCCCCCCCCCCCCCC(C)CC. The van der Waals surface area contributed by atoms with Gasteiger partial charge in [-0.25, -0.2) is 9.13 Å². The number of phosphoric ester groups is 2. The van der Waals surface area contributed by atoms with Crippen LogP contribution in [0.2, 0.25) is 0 Å². The fourth-order valence-corrected chi connectivity index (χ4v) is 12.4. The van der Waals surface area contributed by atoms with Crippen molar-refractivity contribution in [1.29, 1.82) is 0 Å². The van der Waals surface area contributed by atoms with Crippen LogP contribution < -0.4 is 0 Å². The maximum absolute atomic E-state index is 13.0. The summed E-state index contributed by atoms with van der Waals surface area (Å²) in [6, 6.07) is 0. The lowest BCUT2D eigenvalue weighted by atomic mass is 9.99. The second-order valence-electron chi connectivity index (χ2n) is 26.9. The second-order valence-corrected chi connectivity index (χ2v) is 29.8. The Labute approximate surface area is 556 Å². The average Bonchev–Trinajstić information content (AvgIpc) is 3.73. The van der Waals surface area contributed by atoms with Gasteiger partial charge in [-0.1, -0.05) is 312 Å². The van der Waals surface area contributed by atoms with Crippen molar-refractivity contribution in [3.05, 3.63) is 0 Å². The number of aliphatic hydroxyl groups is 1. The van der Waals surface area contributed by atoms with Crippen molar-refractivity contribution in [1.82, 2.24) is 0 Å². The molecule has 3 N–H and O–H groups in total. The van der Waals surface area contributed by atoms with E-state index < -0.39 is 97.5 Å². The molecule has 0 amide bonds. The zero-order chi connectivity index (χ0) is 67.3. The van der Waals surface area contributed by atoms with Crippen LogP contribution in [0.1, 0.15) is 363 Å². The molecule has 0 saturated heterocycles. The molecule has 91 heavy (non-hydrogen) atoms. The average molecular weight is 1340 g/mol. The van der Waals surface area contributed by atoms with E-state index in [9.17, 15) is 43.2 Å². The lowest BCUT2D eigenvalue weighted by molar-refractivity contribution is -0.161. The Morgan fingerprint density at radius 3 is 0.835 bits per heavy atom. The van der Waals surface area contributed by atoms with Crippen LogP contribution in [0.4, 0.5) is 0 Å². The van der Waals surface area contributed by atoms with Crippen molar-refractivity contribution >= 4 is 39.5 Å². The molecule has 0 spiro atoms. The van der Waals surface area contributed by atoms with Crippen molar-refractivity contribution in [2.24, 2.45) is 17.8 Å². The summed E-state index contributed by atoms with van der Waals surface area (Å²) in [6.07, 6.45) is 47.3. The van der Waals surface area contributed by atoms with E-state index in [1.54, 1.807) is 0 Å². The van der Waals surface area contributed by atoms with E-state index in [-0.39, 0.29) is 25.7 Å². The zero-order valence-electron chi connectivity index (χ0n) is 59.3. The van der Waals surface area contributed by atoms with E-state index in [0.29, 0.717) is 31.6 Å². The van der Waals surface area contributed by atoms with E-state index in [4.69, 9.17) is 37.0 Å². The molecule has 0 radical (unpaired) electrons. The van der Waals surface area contributed by atoms with Gasteiger partial charge in [0.25, 0.3) is 0 Å². The van der Waals surface area contributed by atoms with Gasteiger partial charge in [-0.05, 0) is 43.4 Å². The van der Waals surface area contributed by atoms with Crippen LogP contribution in [0.15, 0.2) is 0 Å². The third kappa shape index (κ3) is 63.9. The summed E-state index contributed by atoms with van der Waals surface area (Å²) in [7, 11) is -9.90. The molecule has 0 rings (SSSR count). The van der Waals surface area contributed by atoms with E-state index in [0.717, 1.165) is 108 Å². The fraction of sp³-hybridized carbons (Fsp3) is 0.944. The number of phosphoric acid groups is 2. The number of rotatable bonds is 70. The van der Waals surface area contributed by atoms with Crippen molar-refractivity contribution in [2.45, 2.75) is 381 Å². The van der Waals surface area contributed by atoms with Crippen LogP contribution in [0.3, 0.4) is 0 Å². The standard InChI is InChI=1S/C72H140O17P2/c1-8-11-12-13-14-15-16-17-21-24-27-30-39-46-53-69(74)82-59-67(88-71(76)55-48-41-31-28-25-22-19-18-20-23-26-29-37-44-51-64(6)9-2)61-86-90(78,79)84-57-66(73)58-85-91(80,81)87-62-68(60-83-70(75)54-47-40-34-32-36-43-50-63(4)5)89-72(77)56-49-42-35-33-38-45-52-65(7)10-3/h63-68,73H,8-62H2,1-7H3,(H,78,79)(H,80,81)/t64?,65?,66-,67-,68-/m1/s1. The fourth-order valence-electron chi connectivity index (χ4n) is 10.8. The highest BCUT2D eigenvalue weighted by molar-refractivity contribution is 7.47. The molecule has 0 aliphatic rings. The van der Waals surface area contributed by atoms with Gasteiger partial charge in [-0.3, -0.25) is 37.3 Å². The van der Waals surface area contributed by atoms with E-state index in [1.807, 2.05) is 0 Å². The third-order valence-electron chi connectivity index (χ3n) is 17.4. The van der Waals surface area contributed by atoms with Crippen LogP contribution in [-0.2, 0) is 65.4 Å². The minimum Gasteiger partial charge on any atom is -0.462 e. The molecule has 0 aliphatic heterocycles. The summed E-state index contributed by atoms with van der Waals surface area (Å²) in [4.78, 5) is 72.6. The Balaban J connectivity index is 5.23. The topological polar surface area (TPSA) is 237 Å². The Morgan fingerprint density at radius 1 is 0.319 bits per heavy atom. The summed E-state index contributed by atoms with van der Waals surface area (Å²) in [5, 5.41) is 10.6. The quantitative estimate of drug-likeness (QED) is 0.0222. The van der Waals surface area contributed by atoms with Crippen LogP contribution in [-0.4, -0.2) is 96.7 Å². The molecular weight excluding hydrogens is 1200 g/mol. The summed E-state index contributed by atoms with van der Waals surface area (Å²) in [5.41, 5.74) is 0. The van der Waals surface area contributed by atoms with Crippen molar-refractivity contribution in [2.75, 3.05) is 39.6 Å². The molecule has 0 aromatic heterocycles. The molecule has 0 bridgehead atoms. The largest absolute Gasteiger partial charge is 0.472 e. The minimum atomic E-state index is -4.95. The van der Waals surface area contributed by atoms with Gasteiger partial charge in [0.1, 0.15) is 19.3 Å². The van der Waals surface area contributed by atoms with Crippen molar-refractivity contribution in [3.8, 4) is 0 Å². The number of esters is 4. The first-order chi connectivity index (χ1) is 43.8. The first-order valence-electron chi connectivity index (χ1n) is 37.4. The molecule has 540 valence electrons. The first kappa shape index (κ1) is 89.1. The second kappa shape index (κ2) is 62.8. The number of hydrogen-bond donors (Lipinski definition) is 3. The predicted octanol–water partition coefficient (Wildman–Crippen LogP) is 20.6. The van der Waals surface area contributed by atoms with E-state index >= 15 is 0 Å². The maximum atomic E-state index is 13.0. The number of aliphatic hydroxyl groups excluding tert-OH is 1. The molecule has 0 aliphatic carbocycles. The molecule has 0 saturated carbocycles. The van der Waals surface area contributed by atoms with Gasteiger partial charge in [0.05, 0.1) is 26.4 Å². The lowest BCUT2D eigenvalue weighted by Crippen LogP contribution is -2.30. The summed E-state index contributed by atoms with van der Waals surface area (Å²) in [6.45, 7) is 11.8. The van der Waals surface area contributed by atoms with E-state index in [2.05, 4.69) is 48.5 Å². The Bertz CT molecular complexity index is 1790. The molecule has 17 nitrogen and oxygen atoms in total. The van der Waals surface area contributed by atoms with E-state index in [1.165, 1.54) is 167 Å². The first-order valence-corrected chi connectivity index (χ1v) is 40.4. The van der Waals surface area contributed by atoms with Crippen molar-refractivity contribution in [3.63, 3.8) is 0 Å². The molecular formula is C72H140O17P2. The predicted molar refractivity (Wildman–Crippen MR) is 368 cm³/mol. The zero-order valence-corrected chi connectivity index (χ0v) is 61.1. The molecule has 0 aromatic rings. The van der Waals surface area contributed by atoms with Crippen LogP contribution in [0.5, 0.6) is 0 Å². The smallest absolute Gasteiger partial charge is 0.462 e. The maximum Gasteiger partial charge on any atom is 0.472 e. The molecule has 0 aromatic carbocycles. The van der Waals surface area contributed by atoms with Gasteiger partial charge in [0.2, 0.25) is 0 Å². The Morgan fingerprint density at radius 2 is 0.560 bits per heavy atom. The normalized spacial score (nSPS) is 14.8. The van der Waals surface area contributed by atoms with Gasteiger partial charge in [-0.15, -0.1) is 0 Å². The van der Waals surface area contributed by atoms with Crippen LogP contribution in [0.25, 0.3) is 0 Å². The summed E-state index contributed by atoms with van der Waals surface area (Å²) in [5.74, 6) is 0.118. The Hall–Kier alpha value is -1.94. The van der Waals surface area contributed by atoms with Gasteiger partial charge < -0.3 is 33.8 Å². The molecule has 7 atom stereocenters. The van der Waals surface area contributed by atoms with Gasteiger partial charge >= 0.3 is 39.5 Å². The van der Waals surface area contributed by atoms with Crippen LogP contribution in [0, 0.1) is 17.8 Å². The number of carbonyl (C=O) groups is 4. The monoisotopic (exact) mass is 1340 g/mol. The minimum absolute atomic E-state index is 0.102. The van der Waals surface area contributed by atoms with Gasteiger partial charge in [-0.2, -0.15) is 0 Å². The summed E-state index contributed by atoms with van der Waals surface area (Å²) < 4.78 is 68.3. The molecule has 0 heterocycles. The number of carbonyl (C=O) groups excluding carboxylic acids is 4. The number of unbranched alkanes of at least 4 members (excludes halogenated alkanes) is 36. The van der Waals surface area contributed by atoms with Gasteiger partial charge in [0, 0.05) is 25.7 Å². The molecule has 4 unspecified atom stereocenters. The van der Waals surface area contributed by atoms with Crippen molar-refractivity contribution < 1.29 is 80.2 Å². The highest BCUT2D eigenvalue weighted by Crippen LogP contribution is 2.45.